The number of nitrogens with zero attached hydrogens (tertiary/aromatic N) is 1. The van der Waals surface area contributed by atoms with Crippen molar-refractivity contribution in [2.75, 3.05) is 40.9 Å². The minimum atomic E-state index is -4.59. The van der Waals surface area contributed by atoms with E-state index in [-0.39, 0.29) is 19.1 Å². The lowest BCUT2D eigenvalue weighted by atomic mass is 10.0. The molecule has 0 heterocycles. The highest BCUT2D eigenvalue weighted by molar-refractivity contribution is 7.45. The predicted molar refractivity (Wildman–Crippen MR) is 311 cm³/mol. The van der Waals surface area contributed by atoms with Crippen LogP contribution in [0.5, 0.6) is 0 Å². The summed E-state index contributed by atoms with van der Waals surface area (Å²) in [5.41, 5.74) is 0. The lowest BCUT2D eigenvalue weighted by Gasteiger charge is -2.29. The van der Waals surface area contributed by atoms with Crippen LogP contribution in [0.1, 0.15) is 309 Å². The third-order valence-electron chi connectivity index (χ3n) is 14.3. The van der Waals surface area contributed by atoms with Crippen molar-refractivity contribution in [2.45, 2.75) is 321 Å². The molecule has 0 radical (unpaired) electrons. The largest absolute Gasteiger partial charge is 0.756 e. The van der Waals surface area contributed by atoms with E-state index in [0.717, 1.165) is 44.9 Å². The van der Waals surface area contributed by atoms with Crippen molar-refractivity contribution in [3.63, 3.8) is 0 Å². The molecule has 3 atom stereocenters. The summed E-state index contributed by atoms with van der Waals surface area (Å²) in [6.45, 7) is 4.66. The Morgan fingerprint density at radius 3 is 1.15 bits per heavy atom. The van der Waals surface area contributed by atoms with Gasteiger partial charge in [-0.25, -0.2) is 0 Å². The van der Waals surface area contributed by atoms with Gasteiger partial charge in [0.1, 0.15) is 13.2 Å². The van der Waals surface area contributed by atoms with E-state index in [1.54, 1.807) is 6.08 Å². The SMILES string of the molecule is CCCCCCC/C=C\C/C=C\CCCCCCCCCCCCCCCCCCCCCCCCCCCC(=O)NC(COP(=O)([O-])OCC[N+](C)(C)C)C(O)/C=C/CCCCCCCCCCCCC. The van der Waals surface area contributed by atoms with Crippen molar-refractivity contribution in [1.82, 2.24) is 5.32 Å². The van der Waals surface area contributed by atoms with E-state index in [1.165, 1.54) is 244 Å². The summed E-state index contributed by atoms with van der Waals surface area (Å²) in [6.07, 6.45) is 71.1. The van der Waals surface area contributed by atoms with E-state index >= 15 is 0 Å². The molecule has 0 rings (SSSR count). The standard InChI is InChI=1S/C63H123N2O6P/c1-6-8-10-12-14-16-18-20-21-22-23-24-25-26-27-28-29-30-31-32-33-34-35-36-37-38-39-40-41-42-43-45-47-49-51-53-55-57-63(67)64-61(60-71-72(68,69)70-59-58-65(3,4)5)62(66)56-54-52-50-48-46-44-19-17-15-13-11-9-7-2/h18,20,22-23,54,56,61-62,66H,6-17,19,21,24-53,55,57-60H2,1-5H3,(H-,64,67,68,69)/b20-18-,23-22-,56-54+. The Balaban J connectivity index is 3.89. The molecule has 0 saturated heterocycles. The number of phosphoric acid groups is 1. The third kappa shape index (κ3) is 56.4. The van der Waals surface area contributed by atoms with E-state index in [9.17, 15) is 19.4 Å². The number of carbonyl (C=O) groups excluding carboxylic acids is 1. The summed E-state index contributed by atoms with van der Waals surface area (Å²) in [5.74, 6) is -0.192. The molecule has 0 aromatic rings. The number of amides is 1. The molecule has 0 fully saturated rings. The monoisotopic (exact) mass is 1030 g/mol. The van der Waals surface area contributed by atoms with Crippen LogP contribution in [0.3, 0.4) is 0 Å². The maximum atomic E-state index is 13.0. The first-order chi connectivity index (χ1) is 35.0. The van der Waals surface area contributed by atoms with E-state index < -0.39 is 20.0 Å². The second-order valence-electron chi connectivity index (χ2n) is 22.8. The number of quaternary nitrogens is 1. The number of unbranched alkanes of at least 4 members (excludes halogenated alkanes) is 41. The maximum absolute atomic E-state index is 13.0. The number of rotatable bonds is 58. The Morgan fingerprint density at radius 2 is 0.806 bits per heavy atom. The molecule has 2 N–H and O–H groups in total. The topological polar surface area (TPSA) is 108 Å². The van der Waals surface area contributed by atoms with Gasteiger partial charge in [-0.1, -0.05) is 288 Å². The van der Waals surface area contributed by atoms with Crippen molar-refractivity contribution in [2.24, 2.45) is 0 Å². The first-order valence-electron chi connectivity index (χ1n) is 31.4. The van der Waals surface area contributed by atoms with E-state index in [2.05, 4.69) is 43.5 Å². The zero-order valence-electron chi connectivity index (χ0n) is 48.6. The molecule has 9 heteroatoms. The molecule has 8 nitrogen and oxygen atoms in total. The van der Waals surface area contributed by atoms with Gasteiger partial charge in [0.05, 0.1) is 39.9 Å². The van der Waals surface area contributed by atoms with Gasteiger partial charge in [-0.05, 0) is 51.4 Å². The van der Waals surface area contributed by atoms with Gasteiger partial charge in [-0.3, -0.25) is 9.36 Å². The molecule has 0 aromatic carbocycles. The number of likely N-dealkylation sites (N-methyl/N-ethyl adjacent to an activating group) is 1. The normalized spacial score (nSPS) is 14.0. The van der Waals surface area contributed by atoms with E-state index in [4.69, 9.17) is 9.05 Å². The van der Waals surface area contributed by atoms with Crippen LogP contribution in [0.4, 0.5) is 0 Å². The summed E-state index contributed by atoms with van der Waals surface area (Å²) in [5, 5.41) is 13.9. The van der Waals surface area contributed by atoms with Crippen LogP contribution >= 0.6 is 7.82 Å². The van der Waals surface area contributed by atoms with Crippen LogP contribution in [-0.4, -0.2) is 68.5 Å². The lowest BCUT2D eigenvalue weighted by molar-refractivity contribution is -0.870. The quantitative estimate of drug-likeness (QED) is 0.0272. The Kier molecular flexibility index (Phi) is 53.5. The van der Waals surface area contributed by atoms with Crippen molar-refractivity contribution >= 4 is 13.7 Å². The zero-order chi connectivity index (χ0) is 52.7. The number of phosphoric ester groups is 1. The lowest BCUT2D eigenvalue weighted by Crippen LogP contribution is -2.45. The van der Waals surface area contributed by atoms with Gasteiger partial charge in [-0.15, -0.1) is 0 Å². The number of nitrogens with one attached hydrogen (secondary N) is 1. The molecule has 0 aromatic heterocycles. The minimum Gasteiger partial charge on any atom is -0.756 e. The van der Waals surface area contributed by atoms with Crippen LogP contribution in [0.25, 0.3) is 0 Å². The van der Waals surface area contributed by atoms with Gasteiger partial charge >= 0.3 is 0 Å². The van der Waals surface area contributed by atoms with Gasteiger partial charge in [-0.2, -0.15) is 0 Å². The van der Waals surface area contributed by atoms with Gasteiger partial charge < -0.3 is 28.8 Å². The van der Waals surface area contributed by atoms with Crippen molar-refractivity contribution < 1.29 is 32.9 Å². The van der Waals surface area contributed by atoms with Gasteiger partial charge in [0.15, 0.2) is 0 Å². The highest BCUT2D eigenvalue weighted by atomic mass is 31.2. The highest BCUT2D eigenvalue weighted by Crippen LogP contribution is 2.38. The van der Waals surface area contributed by atoms with Crippen LogP contribution in [0, 0.1) is 0 Å². The van der Waals surface area contributed by atoms with Gasteiger partial charge in [0.25, 0.3) is 7.82 Å². The molecule has 0 bridgehead atoms. The minimum absolute atomic E-state index is 0.00108. The first-order valence-corrected chi connectivity index (χ1v) is 32.8. The molecule has 426 valence electrons. The number of hydrogen-bond donors (Lipinski definition) is 2. The van der Waals surface area contributed by atoms with Crippen LogP contribution in [0.15, 0.2) is 36.5 Å². The Hall–Kier alpha value is -1.28. The summed E-state index contributed by atoms with van der Waals surface area (Å²) in [6, 6.07) is -0.883. The average Bonchev–Trinajstić information content (AvgIpc) is 3.34. The third-order valence-corrected chi connectivity index (χ3v) is 15.3. The molecule has 3 unspecified atom stereocenters. The number of hydrogen-bond acceptors (Lipinski definition) is 6. The fourth-order valence-electron chi connectivity index (χ4n) is 9.42. The maximum Gasteiger partial charge on any atom is 0.268 e. The highest BCUT2D eigenvalue weighted by Gasteiger charge is 2.23. The molecular formula is C63H123N2O6P. The molecule has 0 aliphatic rings. The van der Waals surface area contributed by atoms with E-state index in [0.29, 0.717) is 17.4 Å². The Bertz CT molecular complexity index is 1270. The van der Waals surface area contributed by atoms with Crippen molar-refractivity contribution in [3.8, 4) is 0 Å². The molecule has 1 amide bonds. The molecule has 0 aliphatic carbocycles. The summed E-state index contributed by atoms with van der Waals surface area (Å²) < 4.78 is 23.3. The van der Waals surface area contributed by atoms with Gasteiger partial charge in [0.2, 0.25) is 5.91 Å². The number of aliphatic hydroxyl groups excluding tert-OH is 1. The van der Waals surface area contributed by atoms with Crippen LogP contribution in [0.2, 0.25) is 0 Å². The smallest absolute Gasteiger partial charge is 0.268 e. The fourth-order valence-corrected chi connectivity index (χ4v) is 10.1. The molecule has 0 saturated carbocycles. The second-order valence-corrected chi connectivity index (χ2v) is 24.2. The molecule has 0 spiro atoms. The number of allylic oxidation sites excluding steroid dienone is 5. The fraction of sp³-hybridized carbons (Fsp3) is 0.889. The van der Waals surface area contributed by atoms with E-state index in [1.807, 2.05) is 27.2 Å². The average molecular weight is 1040 g/mol. The van der Waals surface area contributed by atoms with Gasteiger partial charge in [0, 0.05) is 6.42 Å². The first kappa shape index (κ1) is 70.7. The second kappa shape index (κ2) is 54.5. The van der Waals surface area contributed by atoms with Crippen molar-refractivity contribution in [1.29, 1.82) is 0 Å². The predicted octanol–water partition coefficient (Wildman–Crippen LogP) is 18.7. The molecular weight excluding hydrogens is 912 g/mol. The molecule has 0 aliphatic heterocycles. The summed E-state index contributed by atoms with van der Waals surface area (Å²) in [7, 11) is 1.27. The molecule has 72 heavy (non-hydrogen) atoms. The van der Waals surface area contributed by atoms with Crippen LogP contribution < -0.4 is 10.2 Å². The van der Waals surface area contributed by atoms with Crippen molar-refractivity contribution in [3.05, 3.63) is 36.5 Å². The Labute approximate surface area is 448 Å². The Morgan fingerprint density at radius 1 is 0.486 bits per heavy atom. The summed E-state index contributed by atoms with van der Waals surface area (Å²) in [4.78, 5) is 25.5. The number of aliphatic hydroxyl groups is 1. The number of carbonyl (C=O) groups is 1. The zero-order valence-corrected chi connectivity index (χ0v) is 49.5. The van der Waals surface area contributed by atoms with Crippen LogP contribution in [-0.2, 0) is 18.4 Å². The summed E-state index contributed by atoms with van der Waals surface area (Å²) >= 11 is 0.